The van der Waals surface area contributed by atoms with Gasteiger partial charge in [0.1, 0.15) is 4.33 Å². The summed E-state index contributed by atoms with van der Waals surface area (Å²) in [7, 11) is 0. The standard InChI is InChI=1S/C15H19Cl2N/c16-15(17)11-18(13-9-5-2-6-10-13)14(15)12-7-3-1-4-8-12/h1,3-4,7-8,13-14H,2,5-6,9-11H2. The summed E-state index contributed by atoms with van der Waals surface area (Å²) in [6.07, 6.45) is 6.67. The SMILES string of the molecule is ClC1(Cl)CN(C2CCCCC2)C1c1ccccc1. The topological polar surface area (TPSA) is 3.24 Å². The Morgan fingerprint density at radius 2 is 1.67 bits per heavy atom. The predicted octanol–water partition coefficient (Wildman–Crippen LogP) is 4.55. The first kappa shape index (κ1) is 12.8. The molecule has 18 heavy (non-hydrogen) atoms. The summed E-state index contributed by atoms with van der Waals surface area (Å²) in [5, 5.41) is 0. The van der Waals surface area contributed by atoms with E-state index in [-0.39, 0.29) is 6.04 Å². The van der Waals surface area contributed by atoms with E-state index in [0.29, 0.717) is 6.04 Å². The van der Waals surface area contributed by atoms with Gasteiger partial charge in [-0.2, -0.15) is 0 Å². The highest BCUT2D eigenvalue weighted by atomic mass is 35.5. The lowest BCUT2D eigenvalue weighted by atomic mass is 9.86. The molecular formula is C15H19Cl2N. The maximum atomic E-state index is 6.44. The normalized spacial score (nSPS) is 28.9. The molecule has 98 valence electrons. The Bertz CT molecular complexity index is 398. The maximum Gasteiger partial charge on any atom is 0.150 e. The van der Waals surface area contributed by atoms with Crippen molar-refractivity contribution in [3.05, 3.63) is 35.9 Å². The van der Waals surface area contributed by atoms with E-state index in [9.17, 15) is 0 Å². The van der Waals surface area contributed by atoms with Gasteiger partial charge in [0.15, 0.2) is 0 Å². The molecule has 2 fully saturated rings. The van der Waals surface area contributed by atoms with E-state index in [0.717, 1.165) is 6.54 Å². The fourth-order valence-electron chi connectivity index (χ4n) is 3.37. The van der Waals surface area contributed by atoms with Gasteiger partial charge in [-0.25, -0.2) is 0 Å². The Morgan fingerprint density at radius 1 is 1.00 bits per heavy atom. The summed E-state index contributed by atoms with van der Waals surface area (Å²) < 4.78 is -0.612. The first-order chi connectivity index (χ1) is 8.68. The van der Waals surface area contributed by atoms with Crippen LogP contribution in [-0.4, -0.2) is 21.8 Å². The highest BCUT2D eigenvalue weighted by molar-refractivity contribution is 6.49. The van der Waals surface area contributed by atoms with Crippen molar-refractivity contribution in [2.75, 3.05) is 6.54 Å². The highest BCUT2D eigenvalue weighted by Crippen LogP contribution is 2.52. The van der Waals surface area contributed by atoms with Gasteiger partial charge in [-0.05, 0) is 18.4 Å². The molecule has 0 bridgehead atoms. The summed E-state index contributed by atoms with van der Waals surface area (Å²) in [6, 6.07) is 11.3. The second-order valence-electron chi connectivity index (χ2n) is 5.54. The Kier molecular flexibility index (Phi) is 3.57. The third-order valence-corrected chi connectivity index (χ3v) is 4.94. The van der Waals surface area contributed by atoms with E-state index >= 15 is 0 Å². The molecular weight excluding hydrogens is 265 g/mol. The van der Waals surface area contributed by atoms with Crippen LogP contribution in [0.15, 0.2) is 30.3 Å². The van der Waals surface area contributed by atoms with Gasteiger partial charge in [-0.15, -0.1) is 0 Å². The number of hydrogen-bond donors (Lipinski definition) is 0. The number of alkyl halides is 2. The zero-order chi connectivity index (χ0) is 12.6. The molecule has 0 radical (unpaired) electrons. The van der Waals surface area contributed by atoms with Gasteiger partial charge < -0.3 is 0 Å². The molecule has 1 atom stereocenters. The first-order valence-corrected chi connectivity index (χ1v) is 7.62. The fraction of sp³-hybridized carbons (Fsp3) is 0.600. The van der Waals surface area contributed by atoms with Crippen molar-refractivity contribution in [2.45, 2.75) is 48.5 Å². The molecule has 0 aromatic heterocycles. The molecule has 0 amide bonds. The number of likely N-dealkylation sites (tertiary alicyclic amines) is 1. The van der Waals surface area contributed by atoms with Crippen LogP contribution in [0.5, 0.6) is 0 Å². The van der Waals surface area contributed by atoms with Crippen LogP contribution in [0.2, 0.25) is 0 Å². The predicted molar refractivity (Wildman–Crippen MR) is 77.2 cm³/mol. The smallest absolute Gasteiger partial charge is 0.150 e. The van der Waals surface area contributed by atoms with Gasteiger partial charge >= 0.3 is 0 Å². The molecule has 1 aliphatic carbocycles. The van der Waals surface area contributed by atoms with Crippen LogP contribution >= 0.6 is 23.2 Å². The summed E-state index contributed by atoms with van der Waals surface area (Å²) in [5.41, 5.74) is 1.25. The molecule has 0 N–H and O–H groups in total. The van der Waals surface area contributed by atoms with E-state index in [1.807, 2.05) is 6.07 Å². The van der Waals surface area contributed by atoms with Crippen LogP contribution in [0.4, 0.5) is 0 Å². The summed E-state index contributed by atoms with van der Waals surface area (Å²) in [5.74, 6) is 0. The van der Waals surface area contributed by atoms with Gasteiger partial charge in [0.05, 0.1) is 6.04 Å². The zero-order valence-electron chi connectivity index (χ0n) is 10.5. The Hall–Kier alpha value is -0.240. The molecule has 0 spiro atoms. The molecule has 1 aromatic carbocycles. The zero-order valence-corrected chi connectivity index (χ0v) is 12.0. The molecule has 3 rings (SSSR count). The van der Waals surface area contributed by atoms with Crippen LogP contribution in [0.25, 0.3) is 0 Å². The van der Waals surface area contributed by atoms with Crippen molar-refractivity contribution in [1.29, 1.82) is 0 Å². The van der Waals surface area contributed by atoms with E-state index < -0.39 is 4.33 Å². The van der Waals surface area contributed by atoms with Crippen LogP contribution in [-0.2, 0) is 0 Å². The minimum Gasteiger partial charge on any atom is -0.287 e. The molecule has 1 unspecified atom stereocenters. The van der Waals surface area contributed by atoms with E-state index in [2.05, 4.69) is 29.2 Å². The van der Waals surface area contributed by atoms with Crippen molar-refractivity contribution in [1.82, 2.24) is 4.90 Å². The lowest BCUT2D eigenvalue weighted by Gasteiger charge is -2.55. The lowest BCUT2D eigenvalue weighted by molar-refractivity contribution is 0.0122. The van der Waals surface area contributed by atoms with Gasteiger partial charge in [-0.3, -0.25) is 4.90 Å². The van der Waals surface area contributed by atoms with E-state index in [1.54, 1.807) is 0 Å². The van der Waals surface area contributed by atoms with Crippen molar-refractivity contribution < 1.29 is 0 Å². The first-order valence-electron chi connectivity index (χ1n) is 6.87. The minimum atomic E-state index is -0.612. The van der Waals surface area contributed by atoms with E-state index in [4.69, 9.17) is 23.2 Å². The Labute approximate surface area is 119 Å². The number of halogens is 2. The number of hydrogen-bond acceptors (Lipinski definition) is 1. The highest BCUT2D eigenvalue weighted by Gasteiger charge is 2.53. The van der Waals surface area contributed by atoms with Gasteiger partial charge in [0.2, 0.25) is 0 Å². The third-order valence-electron chi connectivity index (χ3n) is 4.28. The molecule has 1 aromatic rings. The molecule has 1 saturated carbocycles. The Morgan fingerprint density at radius 3 is 2.28 bits per heavy atom. The minimum absolute atomic E-state index is 0.171. The molecule has 1 aliphatic heterocycles. The van der Waals surface area contributed by atoms with Crippen LogP contribution < -0.4 is 0 Å². The third kappa shape index (κ3) is 2.29. The summed E-state index contributed by atoms with van der Waals surface area (Å²) >= 11 is 12.9. The van der Waals surface area contributed by atoms with Crippen molar-refractivity contribution in [2.24, 2.45) is 0 Å². The van der Waals surface area contributed by atoms with Crippen LogP contribution in [0.1, 0.15) is 43.7 Å². The molecule has 1 nitrogen and oxygen atoms in total. The quantitative estimate of drug-likeness (QED) is 0.720. The molecule has 3 heteroatoms. The average molecular weight is 284 g/mol. The van der Waals surface area contributed by atoms with Gasteiger partial charge in [-0.1, -0.05) is 72.8 Å². The Balaban J connectivity index is 1.80. The average Bonchev–Trinajstić information content (AvgIpc) is 2.38. The summed E-state index contributed by atoms with van der Waals surface area (Å²) in [6.45, 7) is 0.806. The number of benzene rings is 1. The second-order valence-corrected chi connectivity index (χ2v) is 7.08. The fourth-order valence-corrected chi connectivity index (χ4v) is 4.15. The van der Waals surface area contributed by atoms with Crippen molar-refractivity contribution >= 4 is 23.2 Å². The summed E-state index contributed by atoms with van der Waals surface area (Å²) in [4.78, 5) is 2.51. The second kappa shape index (κ2) is 5.03. The van der Waals surface area contributed by atoms with E-state index in [1.165, 1.54) is 37.7 Å². The van der Waals surface area contributed by atoms with Crippen LogP contribution in [0.3, 0.4) is 0 Å². The van der Waals surface area contributed by atoms with Gasteiger partial charge in [0, 0.05) is 12.6 Å². The molecule has 2 aliphatic rings. The maximum absolute atomic E-state index is 6.44. The lowest BCUT2D eigenvalue weighted by Crippen LogP contribution is -2.61. The molecule has 1 heterocycles. The monoisotopic (exact) mass is 283 g/mol. The van der Waals surface area contributed by atoms with Crippen LogP contribution in [0, 0.1) is 0 Å². The number of rotatable bonds is 2. The number of nitrogens with zero attached hydrogens (tertiary/aromatic N) is 1. The van der Waals surface area contributed by atoms with Gasteiger partial charge in [0.25, 0.3) is 0 Å². The largest absolute Gasteiger partial charge is 0.287 e. The van der Waals surface area contributed by atoms with Crippen molar-refractivity contribution in [3.8, 4) is 0 Å². The molecule has 1 saturated heterocycles. The van der Waals surface area contributed by atoms with Crippen molar-refractivity contribution in [3.63, 3.8) is 0 Å².